The van der Waals surface area contributed by atoms with E-state index >= 15 is 0 Å². The van der Waals surface area contributed by atoms with Crippen molar-refractivity contribution in [2.45, 2.75) is 32.4 Å². The van der Waals surface area contributed by atoms with Crippen LogP contribution in [-0.4, -0.2) is 47.1 Å². The highest BCUT2D eigenvalue weighted by molar-refractivity contribution is 7.98. The molecule has 5 N–H and O–H groups in total. The van der Waals surface area contributed by atoms with E-state index in [-0.39, 0.29) is 5.92 Å². The highest BCUT2D eigenvalue weighted by Crippen LogP contribution is 2.05. The number of nitrogens with one attached hydrogen (secondary N) is 2. The van der Waals surface area contributed by atoms with E-state index in [0.717, 1.165) is 0 Å². The van der Waals surface area contributed by atoms with Crippen molar-refractivity contribution in [3.63, 3.8) is 0 Å². The predicted molar refractivity (Wildman–Crippen MR) is 73.9 cm³/mol. The summed E-state index contributed by atoms with van der Waals surface area (Å²) in [5.74, 6) is -1.21. The summed E-state index contributed by atoms with van der Waals surface area (Å²) in [5.41, 5.74) is 4.99. The smallest absolute Gasteiger partial charge is 0.326 e. The molecule has 8 heteroatoms. The molecular weight excluding hydrogens is 270 g/mol. The van der Waals surface area contributed by atoms with Crippen LogP contribution in [0, 0.1) is 5.92 Å². The number of rotatable bonds is 8. The maximum absolute atomic E-state index is 11.9. The Kier molecular flexibility index (Phi) is 7.97. The first-order valence-electron chi connectivity index (χ1n) is 5.87. The zero-order valence-electron chi connectivity index (χ0n) is 11.3. The van der Waals surface area contributed by atoms with Crippen LogP contribution in [0.4, 0.5) is 4.79 Å². The summed E-state index contributed by atoms with van der Waals surface area (Å²) in [6.07, 6.45) is 2.18. The van der Waals surface area contributed by atoms with Crippen LogP contribution in [-0.2, 0) is 9.59 Å². The van der Waals surface area contributed by atoms with Gasteiger partial charge in [-0.25, -0.2) is 9.59 Å². The monoisotopic (exact) mass is 291 g/mol. The number of nitrogens with two attached hydrogens (primary N) is 1. The minimum Gasteiger partial charge on any atom is -0.480 e. The van der Waals surface area contributed by atoms with Crippen molar-refractivity contribution in [2.24, 2.45) is 11.7 Å². The summed E-state index contributed by atoms with van der Waals surface area (Å²) < 4.78 is 0. The molecule has 0 aliphatic heterocycles. The van der Waals surface area contributed by atoms with Gasteiger partial charge in [-0.05, 0) is 24.3 Å². The molecule has 0 aromatic carbocycles. The predicted octanol–water partition coefficient (Wildman–Crippen LogP) is 0.00180. The number of thioether (sulfide) groups is 1. The van der Waals surface area contributed by atoms with Gasteiger partial charge in [0.25, 0.3) is 0 Å². The number of hydrogen-bond acceptors (Lipinski definition) is 4. The van der Waals surface area contributed by atoms with Gasteiger partial charge in [-0.2, -0.15) is 11.8 Å². The Morgan fingerprint density at radius 1 is 1.26 bits per heavy atom. The van der Waals surface area contributed by atoms with E-state index in [9.17, 15) is 14.4 Å². The van der Waals surface area contributed by atoms with Gasteiger partial charge in [-0.15, -0.1) is 0 Å². The summed E-state index contributed by atoms with van der Waals surface area (Å²) in [6.45, 7) is 3.47. The van der Waals surface area contributed by atoms with Gasteiger partial charge >= 0.3 is 12.0 Å². The van der Waals surface area contributed by atoms with Gasteiger partial charge in [0.05, 0.1) is 0 Å². The second-order valence-corrected chi connectivity index (χ2v) is 5.40. The molecule has 0 aliphatic carbocycles. The normalized spacial score (nSPS) is 13.7. The van der Waals surface area contributed by atoms with E-state index in [0.29, 0.717) is 12.2 Å². The van der Waals surface area contributed by atoms with Gasteiger partial charge in [0.2, 0.25) is 5.91 Å². The number of carboxylic acids is 1. The lowest BCUT2D eigenvalue weighted by molar-refractivity contribution is -0.142. The van der Waals surface area contributed by atoms with Crippen molar-refractivity contribution < 1.29 is 19.5 Å². The summed E-state index contributed by atoms with van der Waals surface area (Å²) in [7, 11) is 0. The van der Waals surface area contributed by atoms with E-state index in [1.807, 2.05) is 6.26 Å². The average Bonchev–Trinajstić information content (AvgIpc) is 2.30. The number of amides is 3. The fourth-order valence-electron chi connectivity index (χ4n) is 1.44. The van der Waals surface area contributed by atoms with Crippen LogP contribution >= 0.6 is 11.8 Å². The van der Waals surface area contributed by atoms with E-state index in [1.165, 1.54) is 11.8 Å². The SMILES string of the molecule is CSCC[C@@H](NC(=O)C(NC(N)=O)C(C)C)C(=O)O. The maximum atomic E-state index is 11.9. The summed E-state index contributed by atoms with van der Waals surface area (Å²) in [6, 6.07) is -2.62. The molecule has 0 bridgehead atoms. The fraction of sp³-hybridized carbons (Fsp3) is 0.727. The van der Waals surface area contributed by atoms with Crippen LogP contribution in [0.5, 0.6) is 0 Å². The van der Waals surface area contributed by atoms with E-state index in [2.05, 4.69) is 10.6 Å². The van der Waals surface area contributed by atoms with Crippen LogP contribution in [0.3, 0.4) is 0 Å². The first-order chi connectivity index (χ1) is 8.79. The molecule has 0 rings (SSSR count). The Labute approximate surface area is 116 Å². The molecule has 0 aromatic heterocycles. The highest BCUT2D eigenvalue weighted by atomic mass is 32.2. The van der Waals surface area contributed by atoms with Crippen molar-refractivity contribution >= 4 is 29.7 Å². The van der Waals surface area contributed by atoms with E-state index < -0.39 is 30.0 Å². The molecule has 0 spiro atoms. The number of carbonyl (C=O) groups excluding carboxylic acids is 2. The van der Waals surface area contributed by atoms with Gasteiger partial charge in [-0.1, -0.05) is 13.8 Å². The van der Waals surface area contributed by atoms with E-state index in [4.69, 9.17) is 10.8 Å². The van der Waals surface area contributed by atoms with Gasteiger partial charge in [-0.3, -0.25) is 4.79 Å². The lowest BCUT2D eigenvalue weighted by Crippen LogP contribution is -2.54. The first kappa shape index (κ1) is 17.6. The molecular formula is C11H21N3O4S. The quantitative estimate of drug-likeness (QED) is 0.501. The van der Waals surface area contributed by atoms with Crippen molar-refractivity contribution in [1.29, 1.82) is 0 Å². The Morgan fingerprint density at radius 3 is 2.21 bits per heavy atom. The third-order valence-electron chi connectivity index (χ3n) is 2.47. The van der Waals surface area contributed by atoms with Crippen LogP contribution in [0.2, 0.25) is 0 Å². The van der Waals surface area contributed by atoms with Gasteiger partial charge in [0.1, 0.15) is 12.1 Å². The van der Waals surface area contributed by atoms with Crippen molar-refractivity contribution in [3.05, 3.63) is 0 Å². The minimum atomic E-state index is -1.09. The maximum Gasteiger partial charge on any atom is 0.326 e. The number of carbonyl (C=O) groups is 3. The number of aliphatic carboxylic acids is 1. The third-order valence-corrected chi connectivity index (χ3v) is 3.12. The largest absolute Gasteiger partial charge is 0.480 e. The van der Waals surface area contributed by atoms with Gasteiger partial charge in [0, 0.05) is 0 Å². The average molecular weight is 291 g/mol. The molecule has 0 aromatic rings. The van der Waals surface area contributed by atoms with Crippen LogP contribution in [0.25, 0.3) is 0 Å². The van der Waals surface area contributed by atoms with Crippen molar-refractivity contribution in [2.75, 3.05) is 12.0 Å². The molecule has 0 saturated heterocycles. The lowest BCUT2D eigenvalue weighted by atomic mass is 10.0. The Bertz CT molecular complexity index is 336. The minimum absolute atomic E-state index is 0.192. The Balaban J connectivity index is 4.65. The third kappa shape index (κ3) is 6.90. The van der Waals surface area contributed by atoms with E-state index in [1.54, 1.807) is 13.8 Å². The molecule has 3 amide bonds. The number of carboxylic acid groups (broad SMARTS) is 1. The molecule has 0 radical (unpaired) electrons. The number of primary amides is 1. The van der Waals surface area contributed by atoms with Gasteiger partial charge < -0.3 is 21.5 Å². The molecule has 2 atom stereocenters. The van der Waals surface area contributed by atoms with Crippen LogP contribution in [0.15, 0.2) is 0 Å². The number of urea groups is 1. The second-order valence-electron chi connectivity index (χ2n) is 4.41. The summed E-state index contributed by atoms with van der Waals surface area (Å²) >= 11 is 1.50. The molecule has 0 fully saturated rings. The number of hydrogen-bond donors (Lipinski definition) is 4. The Hall–Kier alpha value is -1.44. The highest BCUT2D eigenvalue weighted by Gasteiger charge is 2.27. The zero-order valence-corrected chi connectivity index (χ0v) is 12.1. The lowest BCUT2D eigenvalue weighted by Gasteiger charge is -2.23. The summed E-state index contributed by atoms with van der Waals surface area (Å²) in [5, 5.41) is 13.7. The fourth-order valence-corrected chi connectivity index (χ4v) is 1.91. The zero-order chi connectivity index (χ0) is 15.0. The molecule has 0 saturated carbocycles. The van der Waals surface area contributed by atoms with Crippen LogP contribution < -0.4 is 16.4 Å². The molecule has 7 nitrogen and oxygen atoms in total. The van der Waals surface area contributed by atoms with Crippen molar-refractivity contribution in [1.82, 2.24) is 10.6 Å². The summed E-state index contributed by atoms with van der Waals surface area (Å²) in [4.78, 5) is 33.8. The molecule has 0 heterocycles. The van der Waals surface area contributed by atoms with Crippen LogP contribution in [0.1, 0.15) is 20.3 Å². The first-order valence-corrected chi connectivity index (χ1v) is 7.27. The Morgan fingerprint density at radius 2 is 1.84 bits per heavy atom. The molecule has 1 unspecified atom stereocenters. The van der Waals surface area contributed by atoms with Gasteiger partial charge in [0.15, 0.2) is 0 Å². The second kappa shape index (κ2) is 8.63. The standard InChI is InChI=1S/C11H21N3O4S/c1-6(2)8(14-11(12)18)9(15)13-7(10(16)17)4-5-19-3/h6-8H,4-5H2,1-3H3,(H,13,15)(H,16,17)(H3,12,14,18)/t7-,8?/m1/s1. The molecule has 19 heavy (non-hydrogen) atoms. The topological polar surface area (TPSA) is 122 Å². The molecule has 0 aliphatic rings. The molecule has 110 valence electrons. The van der Waals surface area contributed by atoms with Crippen molar-refractivity contribution in [3.8, 4) is 0 Å².